The van der Waals surface area contributed by atoms with Gasteiger partial charge in [-0.15, -0.1) is 0 Å². The van der Waals surface area contributed by atoms with Crippen LogP contribution in [0.3, 0.4) is 0 Å². The summed E-state index contributed by atoms with van der Waals surface area (Å²) >= 11 is 0. The summed E-state index contributed by atoms with van der Waals surface area (Å²) in [6, 6.07) is 1.66. The van der Waals surface area contributed by atoms with Crippen molar-refractivity contribution in [1.82, 2.24) is 10.3 Å². The molecule has 94 valence electrons. The van der Waals surface area contributed by atoms with Crippen LogP contribution in [0.15, 0.2) is 16.7 Å². The molecule has 17 heavy (non-hydrogen) atoms. The summed E-state index contributed by atoms with van der Waals surface area (Å²) in [5, 5.41) is 9.82. The fourth-order valence-electron chi connectivity index (χ4n) is 2.06. The van der Waals surface area contributed by atoms with Gasteiger partial charge in [-0.1, -0.05) is 0 Å². The van der Waals surface area contributed by atoms with E-state index in [1.807, 2.05) is 12.3 Å². The maximum Gasteiger partial charge on any atom is 0.268 e. The number of aliphatic hydroxyl groups is 1. The van der Waals surface area contributed by atoms with Crippen LogP contribution >= 0.6 is 0 Å². The summed E-state index contributed by atoms with van der Waals surface area (Å²) in [4.78, 5) is 13.3. The zero-order valence-corrected chi connectivity index (χ0v) is 9.77. The lowest BCUT2D eigenvalue weighted by Gasteiger charge is -2.17. The van der Waals surface area contributed by atoms with E-state index < -0.39 is 5.60 Å². The van der Waals surface area contributed by atoms with Crippen molar-refractivity contribution in [2.24, 2.45) is 5.84 Å². The van der Waals surface area contributed by atoms with Crippen molar-refractivity contribution in [3.63, 3.8) is 0 Å². The third kappa shape index (κ3) is 2.85. The first-order valence-electron chi connectivity index (χ1n) is 5.53. The lowest BCUT2D eigenvalue weighted by Crippen LogP contribution is -2.30. The Morgan fingerprint density at radius 1 is 1.76 bits per heavy atom. The summed E-state index contributed by atoms with van der Waals surface area (Å²) in [5.74, 6) is 5.36. The first-order valence-corrected chi connectivity index (χ1v) is 5.53. The van der Waals surface area contributed by atoms with Crippen LogP contribution in [0.2, 0.25) is 0 Å². The predicted octanol–water partition coefficient (Wildman–Crippen LogP) is -0.160. The monoisotopic (exact) mass is 239 g/mol. The molecule has 1 aromatic rings. The fourth-order valence-corrected chi connectivity index (χ4v) is 2.06. The molecule has 0 saturated carbocycles. The van der Waals surface area contributed by atoms with Gasteiger partial charge >= 0.3 is 0 Å². The Bertz CT molecular complexity index is 414. The molecular formula is C11H17N3O3. The second kappa shape index (κ2) is 4.48. The van der Waals surface area contributed by atoms with Gasteiger partial charge in [-0.05, 0) is 19.4 Å². The normalized spacial score (nSPS) is 25.1. The van der Waals surface area contributed by atoms with Gasteiger partial charge in [0, 0.05) is 13.1 Å². The van der Waals surface area contributed by atoms with Crippen molar-refractivity contribution in [3.8, 4) is 0 Å². The Morgan fingerprint density at radius 2 is 2.53 bits per heavy atom. The lowest BCUT2D eigenvalue weighted by molar-refractivity contribution is 0.0670. The molecule has 6 nitrogen and oxygen atoms in total. The van der Waals surface area contributed by atoms with Crippen molar-refractivity contribution in [2.45, 2.75) is 25.5 Å². The summed E-state index contributed by atoms with van der Waals surface area (Å²) in [7, 11) is 0. The number of carbonyl (C=O) groups excluding carboxylic acids is 1. The minimum absolute atomic E-state index is 0.367. The van der Waals surface area contributed by atoms with E-state index >= 15 is 0 Å². The minimum Gasteiger partial charge on any atom is -0.467 e. The molecule has 1 aliphatic rings. The molecule has 4 N–H and O–H groups in total. The van der Waals surface area contributed by atoms with Gasteiger partial charge in [0.15, 0.2) is 0 Å². The Labute approximate surface area is 99.3 Å². The van der Waals surface area contributed by atoms with Crippen molar-refractivity contribution < 1.29 is 14.3 Å². The first-order chi connectivity index (χ1) is 8.00. The number of rotatable bonds is 3. The number of nitrogens with one attached hydrogen (secondary N) is 1. The number of nitrogens with zero attached hydrogens (tertiary/aromatic N) is 1. The fraction of sp³-hybridized carbons (Fsp3) is 0.545. The number of carbonyl (C=O) groups is 1. The molecule has 0 aromatic carbocycles. The van der Waals surface area contributed by atoms with Gasteiger partial charge in [0.2, 0.25) is 0 Å². The molecular weight excluding hydrogens is 222 g/mol. The van der Waals surface area contributed by atoms with Gasteiger partial charge < -0.3 is 9.52 Å². The highest BCUT2D eigenvalue weighted by molar-refractivity contribution is 5.93. The number of nitrogen functional groups attached to an aromatic ring is 1. The largest absolute Gasteiger partial charge is 0.467 e. The second-order valence-corrected chi connectivity index (χ2v) is 4.73. The van der Waals surface area contributed by atoms with Crippen LogP contribution in [0.5, 0.6) is 0 Å². The number of furan rings is 1. The molecule has 1 aromatic heterocycles. The second-order valence-electron chi connectivity index (χ2n) is 4.73. The first kappa shape index (κ1) is 12.1. The number of β-amino-alcohol motifs (C(OH)–C–C–N with tert-alkyl or cyclic N) is 1. The Morgan fingerprint density at radius 3 is 3.12 bits per heavy atom. The van der Waals surface area contributed by atoms with Gasteiger partial charge in [-0.2, -0.15) is 0 Å². The van der Waals surface area contributed by atoms with E-state index in [0.717, 1.165) is 13.0 Å². The van der Waals surface area contributed by atoms with Gasteiger partial charge in [0.25, 0.3) is 5.91 Å². The molecule has 1 fully saturated rings. The van der Waals surface area contributed by atoms with E-state index in [-0.39, 0.29) is 5.91 Å². The average Bonchev–Trinajstić information content (AvgIpc) is 2.85. The third-order valence-electron chi connectivity index (χ3n) is 2.96. The predicted molar refractivity (Wildman–Crippen MR) is 60.9 cm³/mol. The van der Waals surface area contributed by atoms with Gasteiger partial charge in [0.05, 0.1) is 17.7 Å². The molecule has 0 aliphatic carbocycles. The Hall–Kier alpha value is -1.37. The van der Waals surface area contributed by atoms with E-state index in [1.54, 1.807) is 6.07 Å². The van der Waals surface area contributed by atoms with Crippen molar-refractivity contribution in [1.29, 1.82) is 0 Å². The Kier molecular flexibility index (Phi) is 3.19. The quantitative estimate of drug-likeness (QED) is 0.387. The topological polar surface area (TPSA) is 91.7 Å². The van der Waals surface area contributed by atoms with Crippen LogP contribution in [0.25, 0.3) is 0 Å². The van der Waals surface area contributed by atoms with Crippen molar-refractivity contribution in [3.05, 3.63) is 23.7 Å². The highest BCUT2D eigenvalue weighted by Crippen LogP contribution is 2.22. The highest BCUT2D eigenvalue weighted by atomic mass is 16.3. The minimum atomic E-state index is -0.621. The van der Waals surface area contributed by atoms with Crippen LogP contribution in [0.1, 0.15) is 29.5 Å². The average molecular weight is 239 g/mol. The lowest BCUT2D eigenvalue weighted by atomic mass is 10.1. The summed E-state index contributed by atoms with van der Waals surface area (Å²) in [5.41, 5.74) is 1.84. The zero-order valence-electron chi connectivity index (χ0n) is 9.77. The highest BCUT2D eigenvalue weighted by Gasteiger charge is 2.31. The molecule has 1 unspecified atom stereocenters. The maximum atomic E-state index is 11.2. The smallest absolute Gasteiger partial charge is 0.268 e. The van der Waals surface area contributed by atoms with E-state index in [0.29, 0.717) is 24.4 Å². The third-order valence-corrected chi connectivity index (χ3v) is 2.96. The molecule has 0 bridgehead atoms. The van der Waals surface area contributed by atoms with E-state index in [1.165, 1.54) is 6.26 Å². The number of hydrogen-bond acceptors (Lipinski definition) is 5. The molecule has 6 heteroatoms. The molecule has 0 spiro atoms. The molecule has 2 rings (SSSR count). The van der Waals surface area contributed by atoms with Crippen molar-refractivity contribution >= 4 is 5.91 Å². The summed E-state index contributed by atoms with van der Waals surface area (Å²) < 4.78 is 5.28. The molecule has 2 heterocycles. The maximum absolute atomic E-state index is 11.2. The Balaban J connectivity index is 1.96. The van der Waals surface area contributed by atoms with E-state index in [2.05, 4.69) is 4.90 Å². The van der Waals surface area contributed by atoms with Crippen LogP contribution in [0.4, 0.5) is 0 Å². The van der Waals surface area contributed by atoms with Crippen molar-refractivity contribution in [2.75, 3.05) is 13.1 Å². The summed E-state index contributed by atoms with van der Waals surface area (Å²) in [6.45, 7) is 3.86. The number of amides is 1. The number of hydrazine groups is 1. The van der Waals surface area contributed by atoms with Gasteiger partial charge in [-0.3, -0.25) is 15.1 Å². The SMILES string of the molecule is CC1(O)CCN(Cc2cc(C(=O)NN)co2)C1. The standard InChI is InChI=1S/C11H17N3O3/c1-11(16)2-3-14(7-11)5-9-4-8(6-17-9)10(15)13-12/h4,6,16H,2-3,5,7,12H2,1H3,(H,13,15). The molecule has 1 atom stereocenters. The van der Waals surface area contributed by atoms with Crippen LogP contribution < -0.4 is 11.3 Å². The molecule has 1 aliphatic heterocycles. The number of nitrogens with two attached hydrogens (primary N) is 1. The number of likely N-dealkylation sites (tertiary alicyclic amines) is 1. The summed E-state index contributed by atoms with van der Waals surface area (Å²) in [6.07, 6.45) is 2.13. The molecule has 0 radical (unpaired) electrons. The van der Waals surface area contributed by atoms with Gasteiger partial charge in [0.1, 0.15) is 12.0 Å². The van der Waals surface area contributed by atoms with Crippen LogP contribution in [-0.2, 0) is 6.54 Å². The molecule has 1 saturated heterocycles. The van der Waals surface area contributed by atoms with E-state index in [4.69, 9.17) is 10.3 Å². The number of hydrogen-bond donors (Lipinski definition) is 3. The van der Waals surface area contributed by atoms with Gasteiger partial charge in [-0.25, -0.2) is 5.84 Å². The van der Waals surface area contributed by atoms with E-state index in [9.17, 15) is 9.90 Å². The zero-order chi connectivity index (χ0) is 12.5. The molecule has 1 amide bonds. The van der Waals surface area contributed by atoms with Crippen LogP contribution in [-0.4, -0.2) is 34.6 Å². The van der Waals surface area contributed by atoms with Crippen LogP contribution in [0, 0.1) is 0 Å².